The van der Waals surface area contributed by atoms with Crippen LogP contribution in [0.2, 0.25) is 0 Å². The molecule has 0 radical (unpaired) electrons. The SMILES string of the molecule is O=C(O)N(Cc1ccccc1)C1CC2(CCC1c1cc(F)c(F)cc1F)OCCO2. The lowest BCUT2D eigenvalue weighted by atomic mass is 9.76. The van der Waals surface area contributed by atoms with Gasteiger partial charge in [-0.05, 0) is 23.6 Å². The largest absolute Gasteiger partial charge is 0.465 e. The lowest BCUT2D eigenvalue weighted by Crippen LogP contribution is -2.51. The van der Waals surface area contributed by atoms with Crippen LogP contribution in [0.4, 0.5) is 18.0 Å². The van der Waals surface area contributed by atoms with Crippen LogP contribution >= 0.6 is 0 Å². The molecule has 8 heteroatoms. The fraction of sp³-hybridized carbons (Fsp3) is 0.409. The number of carboxylic acid groups (broad SMARTS) is 1. The number of amides is 1. The molecule has 0 aromatic heterocycles. The number of nitrogens with zero attached hydrogens (tertiary/aromatic N) is 1. The maximum atomic E-state index is 14.6. The van der Waals surface area contributed by atoms with E-state index >= 15 is 0 Å². The predicted octanol–water partition coefficient (Wildman–Crippen LogP) is 4.66. The second-order valence-corrected chi connectivity index (χ2v) is 7.71. The molecule has 1 aliphatic carbocycles. The zero-order valence-corrected chi connectivity index (χ0v) is 16.2. The normalized spacial score (nSPS) is 22.9. The molecule has 2 aromatic carbocycles. The average Bonchev–Trinajstić information content (AvgIpc) is 3.17. The Balaban J connectivity index is 1.72. The number of hydrogen-bond acceptors (Lipinski definition) is 3. The Labute approximate surface area is 172 Å². The van der Waals surface area contributed by atoms with Crippen molar-refractivity contribution in [3.8, 4) is 0 Å². The van der Waals surface area contributed by atoms with Crippen molar-refractivity contribution in [2.75, 3.05) is 13.2 Å². The quantitative estimate of drug-likeness (QED) is 0.730. The van der Waals surface area contributed by atoms with Gasteiger partial charge in [-0.15, -0.1) is 0 Å². The minimum atomic E-state index is -1.28. The number of benzene rings is 2. The molecule has 1 aliphatic heterocycles. The van der Waals surface area contributed by atoms with Gasteiger partial charge in [0.2, 0.25) is 0 Å². The van der Waals surface area contributed by atoms with Crippen LogP contribution in [-0.2, 0) is 16.0 Å². The van der Waals surface area contributed by atoms with E-state index in [1.54, 1.807) is 24.3 Å². The number of carbonyl (C=O) groups is 1. The van der Waals surface area contributed by atoms with Gasteiger partial charge in [0.1, 0.15) is 5.82 Å². The van der Waals surface area contributed by atoms with Crippen molar-refractivity contribution in [1.82, 2.24) is 4.90 Å². The molecule has 0 bridgehead atoms. The number of ether oxygens (including phenoxy) is 2. The second-order valence-electron chi connectivity index (χ2n) is 7.71. The highest BCUT2D eigenvalue weighted by Gasteiger charge is 2.49. The van der Waals surface area contributed by atoms with Crippen LogP contribution in [0.3, 0.4) is 0 Å². The molecule has 2 aliphatic rings. The first-order valence-corrected chi connectivity index (χ1v) is 9.84. The molecule has 30 heavy (non-hydrogen) atoms. The van der Waals surface area contributed by atoms with E-state index in [0.29, 0.717) is 32.1 Å². The van der Waals surface area contributed by atoms with Crippen LogP contribution in [0.1, 0.15) is 36.3 Å². The van der Waals surface area contributed by atoms with Crippen LogP contribution in [-0.4, -0.2) is 41.1 Å². The minimum Gasteiger partial charge on any atom is -0.465 e. The Kier molecular flexibility index (Phi) is 5.71. The van der Waals surface area contributed by atoms with Crippen molar-refractivity contribution in [3.05, 3.63) is 71.0 Å². The van der Waals surface area contributed by atoms with Crippen molar-refractivity contribution in [1.29, 1.82) is 0 Å². The predicted molar refractivity (Wildman–Crippen MR) is 101 cm³/mol. The van der Waals surface area contributed by atoms with E-state index in [-0.39, 0.29) is 18.5 Å². The van der Waals surface area contributed by atoms with Gasteiger partial charge in [-0.1, -0.05) is 30.3 Å². The van der Waals surface area contributed by atoms with Crippen LogP contribution in [0.25, 0.3) is 0 Å². The van der Waals surface area contributed by atoms with Crippen LogP contribution in [0.5, 0.6) is 0 Å². The molecule has 1 spiro atoms. The molecular weight excluding hydrogens is 399 g/mol. The monoisotopic (exact) mass is 421 g/mol. The minimum absolute atomic E-state index is 0.0361. The van der Waals surface area contributed by atoms with E-state index in [4.69, 9.17) is 9.47 Å². The molecule has 2 atom stereocenters. The summed E-state index contributed by atoms with van der Waals surface area (Å²) in [5, 5.41) is 9.97. The maximum Gasteiger partial charge on any atom is 0.407 e. The van der Waals surface area contributed by atoms with E-state index in [1.165, 1.54) is 4.90 Å². The van der Waals surface area contributed by atoms with Crippen molar-refractivity contribution in [2.24, 2.45) is 0 Å². The Morgan fingerprint density at radius 3 is 2.40 bits per heavy atom. The first-order chi connectivity index (χ1) is 14.4. The van der Waals surface area contributed by atoms with Crippen LogP contribution < -0.4 is 0 Å². The standard InChI is InChI=1S/C22H22F3NO4/c23-17-11-19(25)18(24)10-16(17)15-6-7-22(29-8-9-30-22)12-20(15)26(21(27)28)13-14-4-2-1-3-5-14/h1-5,10-11,15,20H,6-9,12-13H2,(H,27,28). The molecule has 2 unspecified atom stereocenters. The average molecular weight is 421 g/mol. The fourth-order valence-electron chi connectivity index (χ4n) is 4.51. The highest BCUT2D eigenvalue weighted by Crippen LogP contribution is 2.45. The summed E-state index contributed by atoms with van der Waals surface area (Å²) in [6, 6.07) is 9.61. The van der Waals surface area contributed by atoms with Gasteiger partial charge in [0.05, 0.1) is 13.2 Å². The molecule has 2 fully saturated rings. The first kappa shape index (κ1) is 20.7. The number of rotatable bonds is 4. The van der Waals surface area contributed by atoms with E-state index in [9.17, 15) is 23.1 Å². The summed E-state index contributed by atoms with van der Waals surface area (Å²) in [5.74, 6) is -4.94. The zero-order valence-electron chi connectivity index (χ0n) is 16.2. The third-order valence-electron chi connectivity index (χ3n) is 5.92. The first-order valence-electron chi connectivity index (χ1n) is 9.84. The van der Waals surface area contributed by atoms with E-state index < -0.39 is 41.3 Å². The fourth-order valence-corrected chi connectivity index (χ4v) is 4.51. The second kappa shape index (κ2) is 8.28. The molecule has 2 aromatic rings. The van der Waals surface area contributed by atoms with Crippen LogP contribution in [0, 0.1) is 17.5 Å². The van der Waals surface area contributed by atoms with Gasteiger partial charge >= 0.3 is 6.09 Å². The highest BCUT2D eigenvalue weighted by molar-refractivity contribution is 5.66. The van der Waals surface area contributed by atoms with Crippen molar-refractivity contribution < 1.29 is 32.5 Å². The summed E-state index contributed by atoms with van der Waals surface area (Å²) in [5.41, 5.74) is 0.725. The lowest BCUT2D eigenvalue weighted by Gasteiger charge is -2.45. The lowest BCUT2D eigenvalue weighted by molar-refractivity contribution is -0.191. The van der Waals surface area contributed by atoms with Gasteiger partial charge in [-0.2, -0.15) is 0 Å². The third-order valence-corrected chi connectivity index (χ3v) is 5.92. The molecule has 160 valence electrons. The van der Waals surface area contributed by atoms with Crippen molar-refractivity contribution >= 4 is 6.09 Å². The summed E-state index contributed by atoms with van der Waals surface area (Å²) in [4.78, 5) is 13.4. The Hall–Kier alpha value is -2.58. The molecule has 1 amide bonds. The van der Waals surface area contributed by atoms with Crippen molar-refractivity contribution in [3.63, 3.8) is 0 Å². The summed E-state index contributed by atoms with van der Waals surface area (Å²) in [6.07, 6.45) is -0.293. The van der Waals surface area contributed by atoms with Gasteiger partial charge in [-0.25, -0.2) is 18.0 Å². The third kappa shape index (κ3) is 4.02. The van der Waals surface area contributed by atoms with E-state index in [0.717, 1.165) is 11.6 Å². The van der Waals surface area contributed by atoms with Gasteiger partial charge in [0.25, 0.3) is 0 Å². The van der Waals surface area contributed by atoms with E-state index in [2.05, 4.69) is 0 Å². The summed E-state index contributed by atoms with van der Waals surface area (Å²) >= 11 is 0. The topological polar surface area (TPSA) is 59.0 Å². The zero-order chi connectivity index (χ0) is 21.3. The molecule has 1 heterocycles. The molecule has 1 saturated heterocycles. The molecule has 5 nitrogen and oxygen atoms in total. The van der Waals surface area contributed by atoms with Crippen molar-refractivity contribution in [2.45, 2.75) is 43.6 Å². The van der Waals surface area contributed by atoms with Gasteiger partial charge in [0, 0.05) is 37.4 Å². The van der Waals surface area contributed by atoms with Gasteiger partial charge in [-0.3, -0.25) is 0 Å². The highest BCUT2D eigenvalue weighted by atomic mass is 19.2. The summed E-state index contributed by atoms with van der Waals surface area (Å²) < 4.78 is 53.6. The summed E-state index contributed by atoms with van der Waals surface area (Å²) in [7, 11) is 0. The van der Waals surface area contributed by atoms with Gasteiger partial charge < -0.3 is 19.5 Å². The Bertz CT molecular complexity index is 918. The molecular formula is C22H22F3NO4. The van der Waals surface area contributed by atoms with Gasteiger partial charge in [0.15, 0.2) is 17.4 Å². The molecule has 1 N–H and O–H groups in total. The Morgan fingerprint density at radius 2 is 1.73 bits per heavy atom. The molecule has 1 saturated carbocycles. The van der Waals surface area contributed by atoms with Crippen LogP contribution in [0.15, 0.2) is 42.5 Å². The Morgan fingerprint density at radius 1 is 1.07 bits per heavy atom. The number of halogens is 3. The maximum absolute atomic E-state index is 14.6. The van der Waals surface area contributed by atoms with E-state index in [1.807, 2.05) is 6.07 Å². The molecule has 4 rings (SSSR count). The number of hydrogen-bond donors (Lipinski definition) is 1. The smallest absolute Gasteiger partial charge is 0.407 e. The summed E-state index contributed by atoms with van der Waals surface area (Å²) in [6.45, 7) is 0.851.